The lowest BCUT2D eigenvalue weighted by molar-refractivity contribution is 0.132. The van der Waals surface area contributed by atoms with Gasteiger partial charge in [0.25, 0.3) is 0 Å². The maximum absolute atomic E-state index is 14.3. The van der Waals surface area contributed by atoms with Crippen molar-refractivity contribution in [1.29, 1.82) is 0 Å². The molecule has 3 rings (SSSR count). The molecule has 2 N–H and O–H groups in total. The fraction of sp³-hybridized carbons (Fsp3) is 0.273. The van der Waals surface area contributed by atoms with Crippen molar-refractivity contribution < 1.29 is 23.3 Å². The SMILES string of the molecule is COCCOc1ccc(Nc2ncc(F)c(Nc3cccc(N=O)c3)n2)cc1OCCOC. The topological polar surface area (TPSA) is 116 Å². The van der Waals surface area contributed by atoms with Crippen molar-refractivity contribution in [1.82, 2.24) is 9.97 Å². The van der Waals surface area contributed by atoms with E-state index in [-0.39, 0.29) is 17.5 Å². The minimum Gasteiger partial charge on any atom is -0.487 e. The zero-order valence-corrected chi connectivity index (χ0v) is 18.2. The van der Waals surface area contributed by atoms with Crippen molar-refractivity contribution in [2.24, 2.45) is 5.18 Å². The summed E-state index contributed by atoms with van der Waals surface area (Å²) in [6, 6.07) is 11.5. The first-order valence-electron chi connectivity index (χ1n) is 10.0. The molecule has 1 heterocycles. The molecule has 0 aliphatic carbocycles. The van der Waals surface area contributed by atoms with Gasteiger partial charge in [0.2, 0.25) is 5.95 Å². The maximum atomic E-state index is 14.3. The van der Waals surface area contributed by atoms with Gasteiger partial charge in [0.1, 0.15) is 18.9 Å². The van der Waals surface area contributed by atoms with E-state index in [1.165, 1.54) is 12.1 Å². The first-order valence-corrected chi connectivity index (χ1v) is 10.0. The van der Waals surface area contributed by atoms with Crippen molar-refractivity contribution in [3.8, 4) is 11.5 Å². The highest BCUT2D eigenvalue weighted by molar-refractivity contribution is 5.64. The van der Waals surface area contributed by atoms with E-state index in [1.54, 1.807) is 44.6 Å². The molecule has 0 radical (unpaired) electrons. The average Bonchev–Trinajstić information content (AvgIpc) is 2.83. The summed E-state index contributed by atoms with van der Waals surface area (Å²) in [4.78, 5) is 18.9. The van der Waals surface area contributed by atoms with E-state index in [9.17, 15) is 9.30 Å². The third-order valence-electron chi connectivity index (χ3n) is 4.25. The fourth-order valence-electron chi connectivity index (χ4n) is 2.71. The van der Waals surface area contributed by atoms with Crippen molar-refractivity contribution in [2.75, 3.05) is 51.3 Å². The lowest BCUT2D eigenvalue weighted by Crippen LogP contribution is -2.09. The Bertz CT molecular complexity index is 1070. The number of anilines is 4. The molecule has 0 saturated carbocycles. The van der Waals surface area contributed by atoms with Crippen LogP contribution in [0.5, 0.6) is 11.5 Å². The van der Waals surface area contributed by atoms with Gasteiger partial charge in [0.05, 0.1) is 19.4 Å². The van der Waals surface area contributed by atoms with E-state index in [4.69, 9.17) is 18.9 Å². The van der Waals surface area contributed by atoms with Gasteiger partial charge >= 0.3 is 0 Å². The summed E-state index contributed by atoms with van der Waals surface area (Å²) >= 11 is 0. The number of hydrogen-bond acceptors (Lipinski definition) is 10. The van der Waals surface area contributed by atoms with E-state index >= 15 is 0 Å². The van der Waals surface area contributed by atoms with Crippen LogP contribution in [0.4, 0.5) is 33.2 Å². The second kappa shape index (κ2) is 12.3. The summed E-state index contributed by atoms with van der Waals surface area (Å²) in [5, 5.41) is 8.71. The van der Waals surface area contributed by atoms with Crippen molar-refractivity contribution >= 4 is 28.8 Å². The number of ether oxygens (including phenoxy) is 4. The molecule has 0 aliphatic rings. The number of methoxy groups -OCH3 is 2. The van der Waals surface area contributed by atoms with Gasteiger partial charge in [0, 0.05) is 31.7 Å². The highest BCUT2D eigenvalue weighted by Gasteiger charge is 2.11. The van der Waals surface area contributed by atoms with Crippen LogP contribution < -0.4 is 20.1 Å². The van der Waals surface area contributed by atoms with Gasteiger partial charge in [0.15, 0.2) is 23.1 Å². The van der Waals surface area contributed by atoms with E-state index in [1.807, 2.05) is 0 Å². The van der Waals surface area contributed by atoms with Crippen LogP contribution in [0.25, 0.3) is 0 Å². The van der Waals surface area contributed by atoms with E-state index < -0.39 is 5.82 Å². The molecule has 0 spiro atoms. The van der Waals surface area contributed by atoms with Crippen LogP contribution in [0.2, 0.25) is 0 Å². The first-order chi connectivity index (χ1) is 16.1. The van der Waals surface area contributed by atoms with Crippen LogP contribution >= 0.6 is 0 Å². The number of halogens is 1. The number of rotatable bonds is 13. The molecule has 0 unspecified atom stereocenters. The normalized spacial score (nSPS) is 10.5. The Morgan fingerprint density at radius 2 is 1.64 bits per heavy atom. The van der Waals surface area contributed by atoms with Gasteiger partial charge in [-0.3, -0.25) is 0 Å². The Hall–Kier alpha value is -3.83. The molecule has 11 heteroatoms. The lowest BCUT2D eigenvalue weighted by atomic mass is 10.2. The van der Waals surface area contributed by atoms with Crippen molar-refractivity contribution in [2.45, 2.75) is 0 Å². The third kappa shape index (κ3) is 7.09. The molecule has 0 aliphatic heterocycles. The van der Waals surface area contributed by atoms with E-state index in [2.05, 4.69) is 25.8 Å². The van der Waals surface area contributed by atoms with Crippen LogP contribution in [0.3, 0.4) is 0 Å². The summed E-state index contributed by atoms with van der Waals surface area (Å²) in [6.45, 7) is 1.53. The van der Waals surface area contributed by atoms with Gasteiger partial charge in [-0.2, -0.15) is 4.98 Å². The Morgan fingerprint density at radius 1 is 0.909 bits per heavy atom. The molecule has 2 aromatic carbocycles. The summed E-state index contributed by atoms with van der Waals surface area (Å²) in [5.41, 5.74) is 1.27. The minimum atomic E-state index is -0.657. The molecule has 1 aromatic heterocycles. The zero-order chi connectivity index (χ0) is 23.5. The number of nitroso groups, excluding NO2 is 1. The van der Waals surface area contributed by atoms with Gasteiger partial charge in [-0.25, -0.2) is 9.37 Å². The molecule has 0 saturated heterocycles. The molecule has 174 valence electrons. The highest BCUT2D eigenvalue weighted by atomic mass is 19.1. The molecular formula is C22H24FN5O5. The summed E-state index contributed by atoms with van der Waals surface area (Å²) < 4.78 is 35.7. The van der Waals surface area contributed by atoms with Gasteiger partial charge < -0.3 is 29.6 Å². The zero-order valence-electron chi connectivity index (χ0n) is 18.2. The number of hydrogen-bond donors (Lipinski definition) is 2. The van der Waals surface area contributed by atoms with Crippen LogP contribution in [-0.2, 0) is 9.47 Å². The third-order valence-corrected chi connectivity index (χ3v) is 4.25. The largest absolute Gasteiger partial charge is 0.487 e. The molecule has 33 heavy (non-hydrogen) atoms. The molecule has 0 atom stereocenters. The number of nitrogens with zero attached hydrogens (tertiary/aromatic N) is 3. The highest BCUT2D eigenvalue weighted by Crippen LogP contribution is 2.32. The number of aromatic nitrogens is 2. The Morgan fingerprint density at radius 3 is 2.36 bits per heavy atom. The maximum Gasteiger partial charge on any atom is 0.229 e. The lowest BCUT2D eigenvalue weighted by Gasteiger charge is -2.15. The molecule has 0 amide bonds. The Balaban J connectivity index is 1.77. The average molecular weight is 457 g/mol. The minimum absolute atomic E-state index is 0.0633. The quantitative estimate of drug-likeness (QED) is 0.282. The Kier molecular flexibility index (Phi) is 8.86. The van der Waals surface area contributed by atoms with E-state index in [0.29, 0.717) is 49.3 Å². The summed E-state index contributed by atoms with van der Waals surface area (Å²) in [5.74, 6) is 0.466. The van der Waals surface area contributed by atoms with Crippen molar-refractivity contribution in [3.05, 3.63) is 59.4 Å². The van der Waals surface area contributed by atoms with Crippen LogP contribution in [0.15, 0.2) is 53.8 Å². The predicted octanol–water partition coefficient (Wildman–Crippen LogP) is 4.55. The monoisotopic (exact) mass is 457 g/mol. The van der Waals surface area contributed by atoms with Crippen LogP contribution in [0, 0.1) is 10.7 Å². The molecular weight excluding hydrogens is 433 g/mol. The van der Waals surface area contributed by atoms with E-state index in [0.717, 1.165) is 6.20 Å². The Labute approximate surface area is 190 Å². The molecule has 0 fully saturated rings. The molecule has 0 bridgehead atoms. The second-order valence-corrected chi connectivity index (χ2v) is 6.63. The summed E-state index contributed by atoms with van der Waals surface area (Å²) in [7, 11) is 3.18. The smallest absolute Gasteiger partial charge is 0.229 e. The van der Waals surface area contributed by atoms with Gasteiger partial charge in [-0.1, -0.05) is 6.07 Å². The fourth-order valence-corrected chi connectivity index (χ4v) is 2.71. The van der Waals surface area contributed by atoms with Crippen LogP contribution in [0.1, 0.15) is 0 Å². The first kappa shape index (κ1) is 23.8. The number of benzene rings is 2. The van der Waals surface area contributed by atoms with Gasteiger partial charge in [-0.05, 0) is 35.5 Å². The molecule has 3 aromatic rings. The second-order valence-electron chi connectivity index (χ2n) is 6.63. The van der Waals surface area contributed by atoms with Crippen molar-refractivity contribution in [3.63, 3.8) is 0 Å². The number of nitrogens with one attached hydrogen (secondary N) is 2. The molecule has 10 nitrogen and oxygen atoms in total. The van der Waals surface area contributed by atoms with Gasteiger partial charge in [-0.15, -0.1) is 4.91 Å². The summed E-state index contributed by atoms with van der Waals surface area (Å²) in [6.07, 6.45) is 1.04. The predicted molar refractivity (Wildman–Crippen MR) is 122 cm³/mol. The standard InChI is InChI=1S/C22H24FN5O5/c1-30-8-10-32-19-7-6-16(13-20(19)33-11-9-31-2)26-22-24-14-18(23)21(27-22)25-15-4-3-5-17(12-15)28-29/h3-7,12-14H,8-11H2,1-2H3,(H2,24,25,26,27). The van der Waals surface area contributed by atoms with Crippen LogP contribution in [-0.4, -0.2) is 50.6 Å².